The van der Waals surface area contributed by atoms with Crippen LogP contribution in [0.4, 0.5) is 5.69 Å². The highest BCUT2D eigenvalue weighted by atomic mass is 32.2. The molecule has 1 fully saturated rings. The van der Waals surface area contributed by atoms with Crippen LogP contribution in [0.25, 0.3) is 0 Å². The molecule has 4 heteroatoms. The molecule has 1 aliphatic rings. The number of anilines is 1. The third-order valence-electron chi connectivity index (χ3n) is 3.19. The number of nitrogens with two attached hydrogens (primary N) is 1. The largest absolute Gasteiger partial charge is 0.495 e. The molecule has 0 aliphatic carbocycles. The van der Waals surface area contributed by atoms with E-state index in [1.165, 1.54) is 17.1 Å². The predicted molar refractivity (Wildman–Crippen MR) is 74.6 cm³/mol. The van der Waals surface area contributed by atoms with Gasteiger partial charge < -0.3 is 10.5 Å². The smallest absolute Gasteiger partial charge is 0.141 e. The van der Waals surface area contributed by atoms with Gasteiger partial charge in [0.25, 0.3) is 0 Å². The zero-order valence-corrected chi connectivity index (χ0v) is 11.3. The number of methoxy groups -OCH3 is 1. The third kappa shape index (κ3) is 3.07. The standard InChI is InChI=1S/C13H20N2OS/c1-10-9-17-6-5-15(10)8-11-3-4-13(16-2)12(14)7-11/h3-4,7,10H,5-6,8-9,14H2,1-2H3. The Kier molecular flexibility index (Phi) is 4.18. The molecule has 1 aliphatic heterocycles. The van der Waals surface area contributed by atoms with E-state index in [4.69, 9.17) is 10.5 Å². The van der Waals surface area contributed by atoms with E-state index >= 15 is 0 Å². The maximum absolute atomic E-state index is 5.92. The van der Waals surface area contributed by atoms with Crippen molar-refractivity contribution in [2.75, 3.05) is 30.9 Å². The second kappa shape index (κ2) is 5.65. The molecule has 1 unspecified atom stereocenters. The van der Waals surface area contributed by atoms with Crippen molar-refractivity contribution in [3.63, 3.8) is 0 Å². The van der Waals surface area contributed by atoms with Gasteiger partial charge in [-0.25, -0.2) is 0 Å². The van der Waals surface area contributed by atoms with Crippen LogP contribution in [0.1, 0.15) is 12.5 Å². The van der Waals surface area contributed by atoms with Crippen LogP contribution in [0.15, 0.2) is 18.2 Å². The number of hydrogen-bond acceptors (Lipinski definition) is 4. The fourth-order valence-electron chi connectivity index (χ4n) is 2.11. The molecular formula is C13H20N2OS. The van der Waals surface area contributed by atoms with Crippen molar-refractivity contribution in [3.05, 3.63) is 23.8 Å². The SMILES string of the molecule is COc1ccc(CN2CCSCC2C)cc1N. The van der Waals surface area contributed by atoms with E-state index in [-0.39, 0.29) is 0 Å². The second-order valence-corrected chi connectivity index (χ2v) is 5.62. The van der Waals surface area contributed by atoms with Crippen molar-refractivity contribution in [3.8, 4) is 5.75 Å². The zero-order chi connectivity index (χ0) is 12.3. The summed E-state index contributed by atoms with van der Waals surface area (Å²) in [6.07, 6.45) is 0. The molecule has 3 nitrogen and oxygen atoms in total. The van der Waals surface area contributed by atoms with Crippen molar-refractivity contribution in [2.24, 2.45) is 0 Å². The van der Waals surface area contributed by atoms with E-state index in [0.717, 1.165) is 24.5 Å². The summed E-state index contributed by atoms with van der Waals surface area (Å²) in [6.45, 7) is 4.44. The van der Waals surface area contributed by atoms with Crippen LogP contribution < -0.4 is 10.5 Å². The van der Waals surface area contributed by atoms with Crippen LogP contribution in [0, 0.1) is 0 Å². The summed E-state index contributed by atoms with van der Waals surface area (Å²) in [5.74, 6) is 3.22. The quantitative estimate of drug-likeness (QED) is 0.837. The molecule has 2 rings (SSSR count). The van der Waals surface area contributed by atoms with Gasteiger partial charge >= 0.3 is 0 Å². The molecular weight excluding hydrogens is 232 g/mol. The van der Waals surface area contributed by atoms with E-state index in [0.29, 0.717) is 6.04 Å². The molecule has 1 aromatic carbocycles. The van der Waals surface area contributed by atoms with Crippen LogP contribution in [0.2, 0.25) is 0 Å². The van der Waals surface area contributed by atoms with Crippen molar-refractivity contribution in [1.29, 1.82) is 0 Å². The van der Waals surface area contributed by atoms with Crippen LogP contribution in [-0.2, 0) is 6.54 Å². The highest BCUT2D eigenvalue weighted by Gasteiger charge is 2.18. The van der Waals surface area contributed by atoms with E-state index in [1.54, 1.807) is 7.11 Å². The van der Waals surface area contributed by atoms with Gasteiger partial charge in [0, 0.05) is 30.6 Å². The Morgan fingerprint density at radius 3 is 3.00 bits per heavy atom. The summed E-state index contributed by atoms with van der Waals surface area (Å²) in [6, 6.07) is 6.72. The van der Waals surface area contributed by atoms with Gasteiger partial charge in [-0.05, 0) is 24.6 Å². The summed E-state index contributed by atoms with van der Waals surface area (Å²) in [7, 11) is 1.65. The number of nitrogen functional groups attached to an aromatic ring is 1. The van der Waals surface area contributed by atoms with Gasteiger partial charge in [0.15, 0.2) is 0 Å². The first-order chi connectivity index (χ1) is 8.20. The van der Waals surface area contributed by atoms with Gasteiger partial charge in [0.05, 0.1) is 12.8 Å². The molecule has 0 spiro atoms. The van der Waals surface area contributed by atoms with Gasteiger partial charge in [-0.1, -0.05) is 6.07 Å². The number of hydrogen-bond donors (Lipinski definition) is 1. The second-order valence-electron chi connectivity index (χ2n) is 4.47. The van der Waals surface area contributed by atoms with Crippen molar-refractivity contribution in [1.82, 2.24) is 4.90 Å². The molecule has 94 valence electrons. The highest BCUT2D eigenvalue weighted by molar-refractivity contribution is 7.99. The minimum Gasteiger partial charge on any atom is -0.495 e. The van der Waals surface area contributed by atoms with Gasteiger partial charge in [-0.3, -0.25) is 4.90 Å². The van der Waals surface area contributed by atoms with Crippen LogP contribution in [0.3, 0.4) is 0 Å². The predicted octanol–water partition coefficient (Wildman–Crippen LogP) is 2.21. The molecule has 0 saturated carbocycles. The summed E-state index contributed by atoms with van der Waals surface area (Å²) >= 11 is 2.04. The maximum atomic E-state index is 5.92. The first kappa shape index (κ1) is 12.6. The fourth-order valence-corrected chi connectivity index (χ4v) is 3.20. The number of rotatable bonds is 3. The molecule has 0 bridgehead atoms. The van der Waals surface area contributed by atoms with Crippen LogP contribution in [-0.4, -0.2) is 36.1 Å². The number of ether oxygens (including phenoxy) is 1. The monoisotopic (exact) mass is 252 g/mol. The number of nitrogens with zero attached hydrogens (tertiary/aromatic N) is 1. The molecule has 1 saturated heterocycles. The Balaban J connectivity index is 2.05. The Morgan fingerprint density at radius 1 is 1.53 bits per heavy atom. The minimum absolute atomic E-state index is 0.650. The topological polar surface area (TPSA) is 38.5 Å². The molecule has 0 amide bonds. The first-order valence-corrected chi connectivity index (χ1v) is 7.10. The highest BCUT2D eigenvalue weighted by Crippen LogP contribution is 2.24. The summed E-state index contributed by atoms with van der Waals surface area (Å²) in [4.78, 5) is 2.51. The van der Waals surface area contributed by atoms with E-state index in [1.807, 2.05) is 23.9 Å². The lowest BCUT2D eigenvalue weighted by Gasteiger charge is -2.33. The number of benzene rings is 1. The van der Waals surface area contributed by atoms with Crippen LogP contribution in [0.5, 0.6) is 5.75 Å². The summed E-state index contributed by atoms with van der Waals surface area (Å²) in [5.41, 5.74) is 7.92. The molecule has 1 heterocycles. The molecule has 2 N–H and O–H groups in total. The third-order valence-corrected chi connectivity index (χ3v) is 4.37. The Morgan fingerprint density at radius 2 is 2.35 bits per heavy atom. The zero-order valence-electron chi connectivity index (χ0n) is 10.5. The Bertz CT molecular complexity index is 384. The molecule has 1 atom stereocenters. The lowest BCUT2D eigenvalue weighted by molar-refractivity contribution is 0.224. The van der Waals surface area contributed by atoms with Crippen LogP contribution >= 0.6 is 11.8 Å². The van der Waals surface area contributed by atoms with Crippen molar-refractivity contribution < 1.29 is 4.74 Å². The molecule has 0 radical (unpaired) electrons. The Labute approximate surface area is 107 Å². The van der Waals surface area contributed by atoms with E-state index in [9.17, 15) is 0 Å². The Hall–Kier alpha value is -0.870. The lowest BCUT2D eigenvalue weighted by atomic mass is 10.1. The molecule has 17 heavy (non-hydrogen) atoms. The van der Waals surface area contributed by atoms with Crippen molar-refractivity contribution >= 4 is 17.4 Å². The fraction of sp³-hybridized carbons (Fsp3) is 0.538. The average Bonchev–Trinajstić information content (AvgIpc) is 2.32. The molecule has 1 aromatic rings. The van der Waals surface area contributed by atoms with Crippen molar-refractivity contribution in [2.45, 2.75) is 19.5 Å². The minimum atomic E-state index is 0.650. The van der Waals surface area contributed by atoms with E-state index < -0.39 is 0 Å². The lowest BCUT2D eigenvalue weighted by Crippen LogP contribution is -2.39. The van der Waals surface area contributed by atoms with E-state index in [2.05, 4.69) is 17.9 Å². The maximum Gasteiger partial charge on any atom is 0.141 e. The summed E-state index contributed by atoms with van der Waals surface area (Å²) in [5, 5.41) is 0. The van der Waals surface area contributed by atoms with Gasteiger partial charge in [-0.2, -0.15) is 11.8 Å². The number of thioether (sulfide) groups is 1. The average molecular weight is 252 g/mol. The normalized spacial score (nSPS) is 21.4. The first-order valence-electron chi connectivity index (χ1n) is 5.95. The van der Waals surface area contributed by atoms with Gasteiger partial charge in [0.1, 0.15) is 5.75 Å². The van der Waals surface area contributed by atoms with Gasteiger partial charge in [-0.15, -0.1) is 0 Å². The molecule has 0 aromatic heterocycles. The summed E-state index contributed by atoms with van der Waals surface area (Å²) < 4.78 is 5.17. The van der Waals surface area contributed by atoms with Gasteiger partial charge in [0.2, 0.25) is 0 Å².